The van der Waals surface area contributed by atoms with Gasteiger partial charge in [0, 0.05) is 31.8 Å². The second kappa shape index (κ2) is 7.81. The highest BCUT2D eigenvalue weighted by atomic mass is 35.5. The van der Waals surface area contributed by atoms with Crippen LogP contribution in [0, 0.1) is 5.92 Å². The normalized spacial score (nSPS) is 29.3. The summed E-state index contributed by atoms with van der Waals surface area (Å²) >= 11 is 0. The van der Waals surface area contributed by atoms with Crippen LogP contribution in [0.3, 0.4) is 0 Å². The van der Waals surface area contributed by atoms with Gasteiger partial charge in [0.15, 0.2) is 0 Å². The molecule has 1 saturated heterocycles. The molecule has 2 atom stereocenters. The lowest BCUT2D eigenvalue weighted by Gasteiger charge is -2.46. The lowest BCUT2D eigenvalue weighted by Crippen LogP contribution is -2.51. The van der Waals surface area contributed by atoms with Gasteiger partial charge in [0.05, 0.1) is 6.85 Å². The highest BCUT2D eigenvalue weighted by Gasteiger charge is 2.45. The molecule has 1 aromatic rings. The van der Waals surface area contributed by atoms with Crippen molar-refractivity contribution in [1.82, 2.24) is 4.90 Å². The number of halogens is 1. The topological polar surface area (TPSA) is 29.5 Å². The van der Waals surface area contributed by atoms with Gasteiger partial charge >= 0.3 is 5.97 Å². The lowest BCUT2D eigenvalue weighted by atomic mass is 9.74. The SMILES string of the molecule is Cl.[2H]c1c([2H])c([2H])c([C@@]2(OC(=O)CC)CCN(C)C[C@@H]2CC)c([2H])c1[2H]. The van der Waals surface area contributed by atoms with Gasteiger partial charge in [-0.2, -0.15) is 0 Å². The van der Waals surface area contributed by atoms with E-state index in [0.717, 1.165) is 0 Å². The Morgan fingerprint density at radius 3 is 2.67 bits per heavy atom. The molecule has 0 aliphatic carbocycles. The van der Waals surface area contributed by atoms with Gasteiger partial charge in [-0.3, -0.25) is 4.79 Å². The highest BCUT2D eigenvalue weighted by Crippen LogP contribution is 2.42. The van der Waals surface area contributed by atoms with E-state index in [1.54, 1.807) is 6.92 Å². The number of esters is 1. The predicted molar refractivity (Wildman–Crippen MR) is 87.6 cm³/mol. The summed E-state index contributed by atoms with van der Waals surface area (Å²) < 4.78 is 46.3. The van der Waals surface area contributed by atoms with E-state index in [1.807, 2.05) is 14.0 Å². The number of hydrogen-bond donors (Lipinski definition) is 0. The fourth-order valence-corrected chi connectivity index (χ4v) is 2.89. The van der Waals surface area contributed by atoms with E-state index in [4.69, 9.17) is 11.6 Å². The maximum Gasteiger partial charge on any atom is 0.306 e. The van der Waals surface area contributed by atoms with Crippen molar-refractivity contribution in [1.29, 1.82) is 0 Å². The van der Waals surface area contributed by atoms with Crippen molar-refractivity contribution in [3.63, 3.8) is 0 Å². The first-order valence-corrected chi connectivity index (χ1v) is 7.17. The minimum atomic E-state index is -1.19. The minimum Gasteiger partial charge on any atom is -0.454 e. The Balaban J connectivity index is 0.00000338. The van der Waals surface area contributed by atoms with Gasteiger partial charge in [-0.05, 0) is 19.0 Å². The van der Waals surface area contributed by atoms with Crippen LogP contribution in [0.2, 0.25) is 0 Å². The molecule has 2 rings (SSSR count). The van der Waals surface area contributed by atoms with Gasteiger partial charge in [-0.1, -0.05) is 44.1 Å². The molecule has 0 radical (unpaired) electrons. The standard InChI is InChI=1S/C17H25NO2.ClH/c1-4-14-13-18(3)12-11-17(14,20-16(19)5-2)15-9-7-6-8-10-15;/h6-10,14H,4-5,11-13H2,1-3H3;1H/t14-,17+;/m0./s1/i6D,7D,8D,9D,10D;. The highest BCUT2D eigenvalue weighted by molar-refractivity contribution is 5.85. The zero-order valence-corrected chi connectivity index (χ0v) is 13.6. The smallest absolute Gasteiger partial charge is 0.306 e. The molecule has 118 valence electrons. The Kier molecular flexibility index (Phi) is 4.28. The molecule has 0 bridgehead atoms. The van der Waals surface area contributed by atoms with E-state index in [9.17, 15) is 4.79 Å². The molecule has 0 unspecified atom stereocenters. The Bertz CT molecular complexity index is 659. The lowest BCUT2D eigenvalue weighted by molar-refractivity contribution is -0.176. The summed E-state index contributed by atoms with van der Waals surface area (Å²) in [5, 5.41) is 0. The second-order valence-electron chi connectivity index (χ2n) is 5.33. The van der Waals surface area contributed by atoms with E-state index < -0.39 is 29.7 Å². The summed E-state index contributed by atoms with van der Waals surface area (Å²) in [7, 11) is 1.97. The number of ether oxygens (including phenoxy) is 1. The molecule has 0 N–H and O–H groups in total. The third-order valence-electron chi connectivity index (χ3n) is 4.06. The third-order valence-corrected chi connectivity index (χ3v) is 4.06. The molecule has 4 heteroatoms. The molecule has 0 saturated carbocycles. The zero-order chi connectivity index (χ0) is 18.9. The second-order valence-corrected chi connectivity index (χ2v) is 5.33. The molecule has 0 aromatic heterocycles. The van der Waals surface area contributed by atoms with Crippen molar-refractivity contribution in [2.75, 3.05) is 20.1 Å². The van der Waals surface area contributed by atoms with Crippen LogP contribution < -0.4 is 0 Å². The van der Waals surface area contributed by atoms with Gasteiger partial charge < -0.3 is 9.64 Å². The molecule has 3 nitrogen and oxygen atoms in total. The molecule has 1 aliphatic heterocycles. The van der Waals surface area contributed by atoms with E-state index in [1.165, 1.54) is 0 Å². The van der Waals surface area contributed by atoms with Crippen LogP contribution in [-0.2, 0) is 15.1 Å². The van der Waals surface area contributed by atoms with Crippen LogP contribution in [0.5, 0.6) is 0 Å². The first kappa shape index (κ1) is 11.5. The number of likely N-dealkylation sites (tertiary alicyclic amines) is 1. The van der Waals surface area contributed by atoms with Crippen molar-refractivity contribution in [2.24, 2.45) is 5.92 Å². The van der Waals surface area contributed by atoms with Crippen molar-refractivity contribution in [2.45, 2.75) is 38.7 Å². The monoisotopic (exact) mass is 316 g/mol. The number of carbonyl (C=O) groups excluding carboxylic acids is 1. The Hall–Kier alpha value is -1.06. The molecule has 1 fully saturated rings. The van der Waals surface area contributed by atoms with Gasteiger partial charge in [0.2, 0.25) is 0 Å². The van der Waals surface area contributed by atoms with E-state index in [0.29, 0.717) is 25.9 Å². The number of hydrogen-bond acceptors (Lipinski definition) is 3. The van der Waals surface area contributed by atoms with E-state index in [2.05, 4.69) is 4.90 Å². The van der Waals surface area contributed by atoms with Crippen LogP contribution in [0.25, 0.3) is 0 Å². The molecular weight excluding hydrogens is 286 g/mol. The number of piperidine rings is 1. The first-order chi connectivity index (χ1) is 11.7. The molecule has 21 heavy (non-hydrogen) atoms. The summed E-state index contributed by atoms with van der Waals surface area (Å²) in [5.74, 6) is -0.569. The maximum absolute atomic E-state index is 12.2. The van der Waals surface area contributed by atoms with Gasteiger partial charge in [0.25, 0.3) is 0 Å². The maximum atomic E-state index is 12.2. The van der Waals surface area contributed by atoms with Gasteiger partial charge in [-0.15, -0.1) is 12.4 Å². The number of rotatable bonds is 4. The summed E-state index contributed by atoms with van der Waals surface area (Å²) in [4.78, 5) is 14.3. The Labute approximate surface area is 141 Å². The summed E-state index contributed by atoms with van der Waals surface area (Å²) in [6.07, 6.45) is 1.25. The molecule has 1 aromatic carbocycles. The summed E-state index contributed by atoms with van der Waals surface area (Å²) in [6.45, 7) is 4.91. The minimum absolute atomic E-state index is 0. The fraction of sp³-hybridized carbons (Fsp3) is 0.588. The average Bonchev–Trinajstić information content (AvgIpc) is 2.60. The summed E-state index contributed by atoms with van der Waals surface area (Å²) in [5.41, 5.74) is -1.08. The molecular formula is C17H26ClNO2. The van der Waals surface area contributed by atoms with Crippen LogP contribution in [-0.4, -0.2) is 31.0 Å². The van der Waals surface area contributed by atoms with Crippen LogP contribution in [0.15, 0.2) is 30.2 Å². The first-order valence-electron chi connectivity index (χ1n) is 9.67. The summed E-state index contributed by atoms with van der Waals surface area (Å²) in [6, 6.07) is -1.78. The van der Waals surface area contributed by atoms with Gasteiger partial charge in [0.1, 0.15) is 5.60 Å². The number of carbonyl (C=O) groups is 1. The van der Waals surface area contributed by atoms with E-state index >= 15 is 0 Å². The van der Waals surface area contributed by atoms with Crippen LogP contribution in [0.4, 0.5) is 0 Å². The molecule has 1 heterocycles. The molecule has 0 amide bonds. The van der Waals surface area contributed by atoms with Crippen molar-refractivity contribution in [3.8, 4) is 0 Å². The van der Waals surface area contributed by atoms with Crippen LogP contribution >= 0.6 is 12.4 Å². The fourth-order valence-electron chi connectivity index (χ4n) is 2.89. The Morgan fingerprint density at radius 2 is 2.10 bits per heavy atom. The van der Waals surface area contributed by atoms with Gasteiger partial charge in [-0.25, -0.2) is 0 Å². The van der Waals surface area contributed by atoms with Crippen molar-refractivity contribution >= 4 is 18.4 Å². The van der Waals surface area contributed by atoms with Crippen LogP contribution in [0.1, 0.15) is 45.5 Å². The van der Waals surface area contributed by atoms with E-state index in [-0.39, 0.29) is 42.4 Å². The molecule has 0 spiro atoms. The number of nitrogens with zero attached hydrogens (tertiary/aromatic N) is 1. The largest absolute Gasteiger partial charge is 0.454 e. The molecule has 1 aliphatic rings. The third kappa shape index (κ3) is 3.78. The quantitative estimate of drug-likeness (QED) is 0.795. The predicted octanol–water partition coefficient (Wildman–Crippen LogP) is 3.62. The zero-order valence-electron chi connectivity index (χ0n) is 17.8. The Morgan fingerprint density at radius 1 is 1.43 bits per heavy atom. The van der Waals surface area contributed by atoms with Crippen molar-refractivity contribution in [3.05, 3.63) is 35.8 Å². The number of benzene rings is 1. The van der Waals surface area contributed by atoms with Crippen molar-refractivity contribution < 1.29 is 16.4 Å². The average molecular weight is 317 g/mol.